The fraction of sp³-hybridized carbons (Fsp3) is 0.214. The quantitative estimate of drug-likeness (QED) is 0.594. The van der Waals surface area contributed by atoms with E-state index in [2.05, 4.69) is 24.5 Å². The second kappa shape index (κ2) is 2.91. The lowest BCUT2D eigenvalue weighted by molar-refractivity contribution is -0.731. The van der Waals surface area contributed by atoms with Crippen LogP contribution in [-0.4, -0.2) is 0 Å². The van der Waals surface area contributed by atoms with Crippen LogP contribution in [0.2, 0.25) is 0 Å². The minimum absolute atomic E-state index is 0.166. The molecule has 0 aliphatic carbocycles. The molecule has 1 aromatic carbocycles. The van der Waals surface area contributed by atoms with E-state index in [0.717, 1.165) is 16.8 Å². The van der Waals surface area contributed by atoms with E-state index in [1.165, 1.54) is 6.07 Å². The van der Waals surface area contributed by atoms with E-state index < -0.39 is 0 Å². The fourth-order valence-corrected chi connectivity index (χ4v) is 2.53. The van der Waals surface area contributed by atoms with Gasteiger partial charge >= 0.3 is 0 Å². The van der Waals surface area contributed by atoms with Gasteiger partial charge in [0.1, 0.15) is 5.82 Å². The van der Waals surface area contributed by atoms with E-state index in [-0.39, 0.29) is 11.4 Å². The highest BCUT2D eigenvalue weighted by Crippen LogP contribution is 2.36. The molecule has 1 aliphatic heterocycles. The molecule has 0 saturated carbocycles. The first-order chi connectivity index (χ1) is 7.60. The fourth-order valence-electron chi connectivity index (χ4n) is 2.53. The number of fused-ring (bicyclic) bond motifs is 3. The molecule has 0 N–H and O–H groups in total. The number of pyridine rings is 1. The molecule has 1 aliphatic rings. The summed E-state index contributed by atoms with van der Waals surface area (Å²) >= 11 is 0. The molecule has 1 aromatic heterocycles. The molecule has 2 heterocycles. The van der Waals surface area contributed by atoms with E-state index in [1.54, 1.807) is 6.07 Å². The van der Waals surface area contributed by atoms with Crippen LogP contribution in [0.1, 0.15) is 19.4 Å². The predicted octanol–water partition coefficient (Wildman–Crippen LogP) is 2.88. The van der Waals surface area contributed by atoms with Gasteiger partial charge < -0.3 is 0 Å². The summed E-state index contributed by atoms with van der Waals surface area (Å²) in [6, 6.07) is 11.1. The highest BCUT2D eigenvalue weighted by molar-refractivity contribution is 5.65. The zero-order valence-electron chi connectivity index (χ0n) is 9.37. The van der Waals surface area contributed by atoms with Crippen molar-refractivity contribution in [3.05, 3.63) is 54.0 Å². The molecule has 0 bridgehead atoms. The monoisotopic (exact) mass is 214 g/mol. The number of hydrogen-bond donors (Lipinski definition) is 0. The third-order valence-corrected chi connectivity index (χ3v) is 3.38. The number of halogens is 1. The van der Waals surface area contributed by atoms with Crippen molar-refractivity contribution in [3.63, 3.8) is 0 Å². The van der Waals surface area contributed by atoms with Gasteiger partial charge in [-0.15, -0.1) is 0 Å². The summed E-state index contributed by atoms with van der Waals surface area (Å²) in [5.74, 6) is -0.166. The normalized spacial score (nSPS) is 15.7. The lowest BCUT2D eigenvalue weighted by Crippen LogP contribution is -2.50. The van der Waals surface area contributed by atoms with Crippen molar-refractivity contribution in [1.82, 2.24) is 0 Å². The van der Waals surface area contributed by atoms with E-state index in [0.29, 0.717) is 0 Å². The largest absolute Gasteiger partial charge is 0.213 e. The maximum atomic E-state index is 13.3. The molecule has 0 amide bonds. The standard InChI is InChI=1S/C14H13FN/c1-14(2)12-9-10(15)6-7-11(12)13-5-3-4-8-16(13)14/h3-9H,1-2H3/q+1. The molecule has 0 radical (unpaired) electrons. The molecule has 3 rings (SSSR count). The van der Waals surface area contributed by atoms with Crippen LogP contribution < -0.4 is 4.57 Å². The van der Waals surface area contributed by atoms with Crippen molar-refractivity contribution in [2.75, 3.05) is 0 Å². The highest BCUT2D eigenvalue weighted by Gasteiger charge is 2.43. The number of benzene rings is 1. The molecule has 2 heteroatoms. The Hall–Kier alpha value is -1.70. The predicted molar refractivity (Wildman–Crippen MR) is 60.5 cm³/mol. The lowest BCUT2D eigenvalue weighted by atomic mass is 9.93. The van der Waals surface area contributed by atoms with Gasteiger partial charge in [-0.2, -0.15) is 4.57 Å². The second-order valence-electron chi connectivity index (χ2n) is 4.70. The van der Waals surface area contributed by atoms with Crippen LogP contribution in [0, 0.1) is 5.82 Å². The Kier molecular flexibility index (Phi) is 1.73. The first-order valence-electron chi connectivity index (χ1n) is 5.42. The third-order valence-electron chi connectivity index (χ3n) is 3.38. The summed E-state index contributed by atoms with van der Waals surface area (Å²) in [4.78, 5) is 0. The zero-order valence-corrected chi connectivity index (χ0v) is 9.37. The molecular formula is C14H13FN+. The van der Waals surface area contributed by atoms with Gasteiger partial charge in [0.25, 0.3) is 0 Å². The molecule has 80 valence electrons. The molecule has 0 fully saturated rings. The van der Waals surface area contributed by atoms with Crippen LogP contribution in [-0.2, 0) is 5.54 Å². The molecule has 1 nitrogen and oxygen atoms in total. The summed E-state index contributed by atoms with van der Waals surface area (Å²) in [6.45, 7) is 4.23. The van der Waals surface area contributed by atoms with E-state index in [1.807, 2.05) is 24.4 Å². The summed E-state index contributed by atoms with van der Waals surface area (Å²) in [5, 5.41) is 0. The van der Waals surface area contributed by atoms with E-state index >= 15 is 0 Å². The molecule has 16 heavy (non-hydrogen) atoms. The van der Waals surface area contributed by atoms with Gasteiger partial charge in [-0.25, -0.2) is 4.39 Å². The molecule has 2 aromatic rings. The van der Waals surface area contributed by atoms with Crippen LogP contribution in [0.25, 0.3) is 11.3 Å². The van der Waals surface area contributed by atoms with Gasteiger partial charge in [-0.3, -0.25) is 0 Å². The Morgan fingerprint density at radius 1 is 1.12 bits per heavy atom. The maximum Gasteiger partial charge on any atom is 0.213 e. The smallest absolute Gasteiger partial charge is 0.207 e. The Balaban J connectivity index is 2.39. The summed E-state index contributed by atoms with van der Waals surface area (Å²) in [7, 11) is 0. The third kappa shape index (κ3) is 1.07. The van der Waals surface area contributed by atoms with Gasteiger partial charge in [0.15, 0.2) is 11.7 Å². The average Bonchev–Trinajstić information content (AvgIpc) is 2.49. The lowest BCUT2D eigenvalue weighted by Gasteiger charge is -2.14. The average molecular weight is 214 g/mol. The van der Waals surface area contributed by atoms with Crippen molar-refractivity contribution in [2.45, 2.75) is 19.4 Å². The maximum absolute atomic E-state index is 13.3. The number of aromatic nitrogens is 1. The molecule has 0 unspecified atom stereocenters. The zero-order chi connectivity index (χ0) is 11.3. The summed E-state index contributed by atoms with van der Waals surface area (Å²) < 4.78 is 15.5. The minimum Gasteiger partial charge on any atom is -0.207 e. The van der Waals surface area contributed by atoms with E-state index in [9.17, 15) is 4.39 Å². The topological polar surface area (TPSA) is 3.88 Å². The van der Waals surface area contributed by atoms with Gasteiger partial charge in [0, 0.05) is 31.5 Å². The van der Waals surface area contributed by atoms with Crippen LogP contribution in [0.15, 0.2) is 42.6 Å². The van der Waals surface area contributed by atoms with Crippen molar-refractivity contribution in [3.8, 4) is 11.3 Å². The van der Waals surface area contributed by atoms with Crippen LogP contribution >= 0.6 is 0 Å². The first kappa shape index (κ1) is 9.52. The van der Waals surface area contributed by atoms with Crippen LogP contribution in [0.4, 0.5) is 4.39 Å². The van der Waals surface area contributed by atoms with Crippen molar-refractivity contribution in [1.29, 1.82) is 0 Å². The second-order valence-corrected chi connectivity index (χ2v) is 4.70. The van der Waals surface area contributed by atoms with Crippen LogP contribution in [0.5, 0.6) is 0 Å². The first-order valence-corrected chi connectivity index (χ1v) is 5.42. The Morgan fingerprint density at radius 3 is 2.75 bits per heavy atom. The number of rotatable bonds is 0. The number of hydrogen-bond acceptors (Lipinski definition) is 0. The van der Waals surface area contributed by atoms with Crippen molar-refractivity contribution in [2.24, 2.45) is 0 Å². The Morgan fingerprint density at radius 2 is 1.94 bits per heavy atom. The highest BCUT2D eigenvalue weighted by atomic mass is 19.1. The minimum atomic E-state index is -0.173. The van der Waals surface area contributed by atoms with E-state index in [4.69, 9.17) is 0 Å². The van der Waals surface area contributed by atoms with Crippen molar-refractivity contribution < 1.29 is 8.96 Å². The van der Waals surface area contributed by atoms with Crippen molar-refractivity contribution >= 4 is 0 Å². The Labute approximate surface area is 94.2 Å². The molecule has 0 saturated heterocycles. The number of nitrogens with zero attached hydrogens (tertiary/aromatic N) is 1. The summed E-state index contributed by atoms with van der Waals surface area (Å²) in [6.07, 6.45) is 2.05. The van der Waals surface area contributed by atoms with Crippen LogP contribution in [0.3, 0.4) is 0 Å². The van der Waals surface area contributed by atoms with Gasteiger partial charge in [-0.05, 0) is 24.3 Å². The summed E-state index contributed by atoms with van der Waals surface area (Å²) in [5.41, 5.74) is 3.17. The van der Waals surface area contributed by atoms with Gasteiger partial charge in [0.05, 0.1) is 5.56 Å². The molecular weight excluding hydrogens is 201 g/mol. The Bertz CT molecular complexity index is 573. The molecule has 0 spiro atoms. The molecule has 0 atom stereocenters. The van der Waals surface area contributed by atoms with Gasteiger partial charge in [0.2, 0.25) is 5.69 Å². The van der Waals surface area contributed by atoms with Gasteiger partial charge in [-0.1, -0.05) is 0 Å². The SMILES string of the molecule is CC1(C)c2cc(F)ccc2-c2cccc[n+]21.